The monoisotopic (exact) mass is 361 g/mol. The number of rotatable bonds is 5. The molecular formula is C18H23N3O3S. The predicted molar refractivity (Wildman–Crippen MR) is 99.5 cm³/mol. The zero-order chi connectivity index (χ0) is 18.8. The van der Waals surface area contributed by atoms with Crippen LogP contribution in [0, 0.1) is 0 Å². The minimum atomic E-state index is -4.27. The van der Waals surface area contributed by atoms with Crippen molar-refractivity contribution in [3.05, 3.63) is 47.5 Å². The van der Waals surface area contributed by atoms with Crippen LogP contribution >= 0.6 is 0 Å². The Morgan fingerprint density at radius 3 is 1.92 bits per heavy atom. The highest BCUT2D eigenvalue weighted by atomic mass is 32.2. The molecular weight excluding hydrogens is 338 g/mol. The molecule has 0 amide bonds. The van der Waals surface area contributed by atoms with Crippen LogP contribution in [0.4, 0.5) is 17.1 Å². The van der Waals surface area contributed by atoms with E-state index < -0.39 is 10.1 Å². The molecule has 3 N–H and O–H groups in total. The predicted octanol–water partition coefficient (Wildman–Crippen LogP) is 5.18. The minimum absolute atomic E-state index is 0.216. The molecule has 25 heavy (non-hydrogen) atoms. The maximum atomic E-state index is 11.2. The second kappa shape index (κ2) is 7.33. The Balaban J connectivity index is 2.45. The summed E-state index contributed by atoms with van der Waals surface area (Å²) in [6.45, 7) is 8.25. The number of hydrogen-bond donors (Lipinski definition) is 2. The van der Waals surface area contributed by atoms with E-state index in [1.54, 1.807) is 6.07 Å². The molecule has 0 saturated carbocycles. The Labute approximate surface area is 148 Å². The maximum Gasteiger partial charge on any atom is 0.294 e. The third kappa shape index (κ3) is 4.64. The van der Waals surface area contributed by atoms with Gasteiger partial charge in [0.25, 0.3) is 10.1 Å². The average molecular weight is 361 g/mol. The van der Waals surface area contributed by atoms with Gasteiger partial charge in [-0.1, -0.05) is 33.8 Å². The fourth-order valence-electron chi connectivity index (χ4n) is 2.52. The Kier molecular flexibility index (Phi) is 5.59. The quantitative estimate of drug-likeness (QED) is 0.435. The van der Waals surface area contributed by atoms with E-state index in [0.717, 1.165) is 16.8 Å². The molecule has 0 atom stereocenters. The van der Waals surface area contributed by atoms with E-state index in [0.29, 0.717) is 11.4 Å². The van der Waals surface area contributed by atoms with Gasteiger partial charge in [0.2, 0.25) is 0 Å². The van der Waals surface area contributed by atoms with Gasteiger partial charge in [-0.3, -0.25) is 4.55 Å². The summed E-state index contributed by atoms with van der Waals surface area (Å²) >= 11 is 0. The summed E-state index contributed by atoms with van der Waals surface area (Å²) in [6, 6.07) is 9.46. The minimum Gasteiger partial charge on any atom is -0.398 e. The lowest BCUT2D eigenvalue weighted by molar-refractivity contribution is 0.483. The maximum absolute atomic E-state index is 11.2. The molecule has 0 spiro atoms. The van der Waals surface area contributed by atoms with Crippen LogP contribution in [0.25, 0.3) is 0 Å². The molecule has 134 valence electrons. The van der Waals surface area contributed by atoms with E-state index in [1.807, 2.05) is 12.1 Å². The molecule has 0 saturated heterocycles. The molecule has 2 rings (SSSR count). The third-order valence-corrected chi connectivity index (χ3v) is 4.72. The zero-order valence-electron chi connectivity index (χ0n) is 14.8. The number of anilines is 1. The summed E-state index contributed by atoms with van der Waals surface area (Å²) in [7, 11) is -4.27. The first-order valence-electron chi connectivity index (χ1n) is 8.02. The standard InChI is InChI=1S/C18H23N3O3S/c1-11(2)16-9-14(10-17(12(3)4)18(16)19)21-20-13-6-5-7-15(8-13)25(22,23)24/h5-12H,19H2,1-4H3,(H,22,23,24). The van der Waals surface area contributed by atoms with Crippen LogP contribution in [0.1, 0.15) is 50.7 Å². The van der Waals surface area contributed by atoms with Gasteiger partial charge >= 0.3 is 0 Å². The lowest BCUT2D eigenvalue weighted by atomic mass is 9.92. The van der Waals surface area contributed by atoms with Crippen molar-refractivity contribution in [1.82, 2.24) is 0 Å². The smallest absolute Gasteiger partial charge is 0.294 e. The van der Waals surface area contributed by atoms with E-state index in [4.69, 9.17) is 10.3 Å². The lowest BCUT2D eigenvalue weighted by Crippen LogP contribution is -2.02. The molecule has 0 bridgehead atoms. The first kappa shape index (κ1) is 19.1. The Bertz CT molecular complexity index is 875. The normalized spacial score (nSPS) is 12.4. The van der Waals surface area contributed by atoms with Gasteiger partial charge in [0.05, 0.1) is 16.3 Å². The van der Waals surface area contributed by atoms with Crippen LogP contribution < -0.4 is 5.73 Å². The first-order valence-corrected chi connectivity index (χ1v) is 9.46. The van der Waals surface area contributed by atoms with E-state index in [2.05, 4.69) is 37.9 Å². The summed E-state index contributed by atoms with van der Waals surface area (Å²) in [6.07, 6.45) is 0. The largest absolute Gasteiger partial charge is 0.398 e. The molecule has 0 heterocycles. The van der Waals surface area contributed by atoms with Gasteiger partial charge in [0.15, 0.2) is 0 Å². The molecule has 0 fully saturated rings. The van der Waals surface area contributed by atoms with E-state index in [-0.39, 0.29) is 16.7 Å². The average Bonchev–Trinajstić information content (AvgIpc) is 2.52. The van der Waals surface area contributed by atoms with Crippen LogP contribution in [0.3, 0.4) is 0 Å². The summed E-state index contributed by atoms with van der Waals surface area (Å²) in [5.41, 5.74) is 10.0. The topological polar surface area (TPSA) is 105 Å². The third-order valence-electron chi connectivity index (χ3n) is 3.87. The van der Waals surface area contributed by atoms with Crippen LogP contribution in [0.5, 0.6) is 0 Å². The molecule has 0 aliphatic rings. The number of nitrogen functional groups attached to an aromatic ring is 1. The highest BCUT2D eigenvalue weighted by Crippen LogP contribution is 2.35. The summed E-state index contributed by atoms with van der Waals surface area (Å²) < 4.78 is 31.5. The highest BCUT2D eigenvalue weighted by molar-refractivity contribution is 7.85. The van der Waals surface area contributed by atoms with Crippen molar-refractivity contribution in [3.8, 4) is 0 Å². The number of azo groups is 1. The van der Waals surface area contributed by atoms with E-state index in [9.17, 15) is 8.42 Å². The Morgan fingerprint density at radius 1 is 0.920 bits per heavy atom. The second-order valence-electron chi connectivity index (χ2n) is 6.52. The molecule has 2 aromatic carbocycles. The fraction of sp³-hybridized carbons (Fsp3) is 0.333. The highest BCUT2D eigenvalue weighted by Gasteiger charge is 2.14. The molecule has 0 radical (unpaired) electrons. The molecule has 0 unspecified atom stereocenters. The van der Waals surface area contributed by atoms with Gasteiger partial charge in [0.1, 0.15) is 0 Å². The molecule has 7 heteroatoms. The van der Waals surface area contributed by atoms with Crippen LogP contribution in [-0.2, 0) is 10.1 Å². The number of benzene rings is 2. The second-order valence-corrected chi connectivity index (χ2v) is 7.94. The van der Waals surface area contributed by atoms with Crippen molar-refractivity contribution in [3.63, 3.8) is 0 Å². The molecule has 0 aliphatic carbocycles. The van der Waals surface area contributed by atoms with Gasteiger partial charge in [0, 0.05) is 5.69 Å². The van der Waals surface area contributed by atoms with Gasteiger partial charge in [-0.05, 0) is 53.3 Å². The Morgan fingerprint density at radius 2 is 1.44 bits per heavy atom. The van der Waals surface area contributed by atoms with Crippen LogP contribution in [-0.4, -0.2) is 13.0 Å². The summed E-state index contributed by atoms with van der Waals surface area (Å²) in [4.78, 5) is -0.216. The van der Waals surface area contributed by atoms with Crippen molar-refractivity contribution in [2.45, 2.75) is 44.4 Å². The van der Waals surface area contributed by atoms with Crippen LogP contribution in [0.15, 0.2) is 51.5 Å². The van der Waals surface area contributed by atoms with E-state index >= 15 is 0 Å². The SMILES string of the molecule is CC(C)c1cc(N=Nc2cccc(S(=O)(=O)O)c2)cc(C(C)C)c1N. The number of nitrogens with zero attached hydrogens (tertiary/aromatic N) is 2. The van der Waals surface area contributed by atoms with E-state index in [1.165, 1.54) is 18.2 Å². The van der Waals surface area contributed by atoms with Gasteiger partial charge in [-0.25, -0.2) is 0 Å². The van der Waals surface area contributed by atoms with Gasteiger partial charge in [-0.15, -0.1) is 0 Å². The zero-order valence-corrected chi connectivity index (χ0v) is 15.6. The Hall–Kier alpha value is -2.25. The number of nitrogens with two attached hydrogens (primary N) is 1. The fourth-order valence-corrected chi connectivity index (χ4v) is 3.04. The van der Waals surface area contributed by atoms with Gasteiger partial charge in [-0.2, -0.15) is 18.6 Å². The molecule has 0 aliphatic heterocycles. The molecule has 2 aromatic rings. The lowest BCUT2D eigenvalue weighted by Gasteiger charge is -2.17. The van der Waals surface area contributed by atoms with Crippen LogP contribution in [0.2, 0.25) is 0 Å². The summed E-state index contributed by atoms with van der Waals surface area (Å²) in [5.74, 6) is 0.492. The summed E-state index contributed by atoms with van der Waals surface area (Å²) in [5, 5.41) is 8.31. The van der Waals surface area contributed by atoms with Crippen molar-refractivity contribution >= 4 is 27.2 Å². The van der Waals surface area contributed by atoms with Crippen molar-refractivity contribution < 1.29 is 13.0 Å². The molecule has 6 nitrogen and oxygen atoms in total. The van der Waals surface area contributed by atoms with Gasteiger partial charge < -0.3 is 5.73 Å². The first-order chi connectivity index (χ1) is 11.6. The van der Waals surface area contributed by atoms with Crippen molar-refractivity contribution in [2.75, 3.05) is 5.73 Å². The van der Waals surface area contributed by atoms with Crippen molar-refractivity contribution in [2.24, 2.45) is 10.2 Å². The number of hydrogen-bond acceptors (Lipinski definition) is 5. The van der Waals surface area contributed by atoms with Crippen molar-refractivity contribution in [1.29, 1.82) is 0 Å². The molecule has 0 aromatic heterocycles.